The molecule has 4 heteroatoms. The zero-order valence-electron chi connectivity index (χ0n) is 9.84. The van der Waals surface area contributed by atoms with Crippen LogP contribution in [-0.2, 0) is 4.74 Å². The molecule has 1 saturated heterocycles. The summed E-state index contributed by atoms with van der Waals surface area (Å²) in [4.78, 5) is 2.20. The summed E-state index contributed by atoms with van der Waals surface area (Å²) in [7, 11) is 1.70. The average molecular weight is 216 g/mol. The summed E-state index contributed by atoms with van der Waals surface area (Å²) in [5.41, 5.74) is -0.0923. The first-order chi connectivity index (χ1) is 6.21. The first-order valence-corrected chi connectivity index (χ1v) is 5.25. The number of nitrogens with zero attached hydrogens (tertiary/aromatic N) is 1. The molecule has 0 saturated carbocycles. The Balaban J connectivity index is 3.02. The average Bonchev–Trinajstić information content (AvgIpc) is 2.18. The summed E-state index contributed by atoms with van der Waals surface area (Å²) < 4.78 is 5.38. The van der Waals surface area contributed by atoms with Gasteiger partial charge in [0.1, 0.15) is 0 Å². The Morgan fingerprint density at radius 3 is 2.14 bits per heavy atom. The van der Waals surface area contributed by atoms with Crippen LogP contribution in [0.5, 0.6) is 0 Å². The first-order valence-electron chi connectivity index (χ1n) is 4.85. The van der Waals surface area contributed by atoms with E-state index in [1.54, 1.807) is 7.11 Å². The van der Waals surface area contributed by atoms with Crippen molar-refractivity contribution < 1.29 is 4.74 Å². The van der Waals surface area contributed by atoms with Crippen LogP contribution in [0.4, 0.5) is 0 Å². The summed E-state index contributed by atoms with van der Waals surface area (Å²) in [5, 5.41) is 3.96. The van der Waals surface area contributed by atoms with Gasteiger partial charge >= 0.3 is 0 Å². The number of rotatable bonds is 1. The van der Waals surface area contributed by atoms with Crippen LogP contribution in [0.2, 0.25) is 0 Å². The van der Waals surface area contributed by atoms with Gasteiger partial charge in [0.15, 0.2) is 11.3 Å². The van der Waals surface area contributed by atoms with Gasteiger partial charge in [-0.05, 0) is 46.8 Å². The number of methoxy groups -OCH3 is 1. The lowest BCUT2D eigenvalue weighted by Gasteiger charge is -2.43. The van der Waals surface area contributed by atoms with Gasteiger partial charge in [0.05, 0.1) is 5.54 Å². The fraction of sp³-hybridized carbons (Fsp3) is 0.900. The Morgan fingerprint density at radius 2 is 1.93 bits per heavy atom. The lowest BCUT2D eigenvalue weighted by molar-refractivity contribution is -0.0100. The summed E-state index contributed by atoms with van der Waals surface area (Å²) >= 11 is 5.32. The molecule has 0 spiro atoms. The van der Waals surface area contributed by atoms with Crippen LogP contribution >= 0.6 is 12.2 Å². The van der Waals surface area contributed by atoms with Crippen LogP contribution in [0.25, 0.3) is 0 Å². The van der Waals surface area contributed by atoms with Crippen molar-refractivity contribution >= 4 is 17.3 Å². The van der Waals surface area contributed by atoms with Crippen molar-refractivity contribution in [2.24, 2.45) is 0 Å². The van der Waals surface area contributed by atoms with E-state index in [2.05, 4.69) is 44.8 Å². The van der Waals surface area contributed by atoms with E-state index in [0.717, 1.165) is 5.11 Å². The second-order valence-electron chi connectivity index (χ2n) is 5.23. The van der Waals surface area contributed by atoms with Gasteiger partial charge < -0.3 is 15.0 Å². The Kier molecular flexibility index (Phi) is 2.80. The highest BCUT2D eigenvalue weighted by Crippen LogP contribution is 2.32. The van der Waals surface area contributed by atoms with Gasteiger partial charge in [0, 0.05) is 12.6 Å². The minimum absolute atomic E-state index is 0.0147. The van der Waals surface area contributed by atoms with Crippen molar-refractivity contribution in [2.75, 3.05) is 7.11 Å². The molecule has 82 valence electrons. The van der Waals surface area contributed by atoms with E-state index in [1.165, 1.54) is 0 Å². The zero-order chi connectivity index (χ0) is 11.1. The molecule has 1 rings (SSSR count). The van der Waals surface area contributed by atoms with E-state index >= 15 is 0 Å². The lowest BCUT2D eigenvalue weighted by atomic mass is 9.95. The fourth-order valence-corrected chi connectivity index (χ4v) is 2.86. The largest absolute Gasteiger partial charge is 0.359 e. The van der Waals surface area contributed by atoms with Crippen molar-refractivity contribution in [3.63, 3.8) is 0 Å². The highest BCUT2D eigenvalue weighted by molar-refractivity contribution is 7.80. The van der Waals surface area contributed by atoms with E-state index in [-0.39, 0.29) is 17.3 Å². The molecule has 1 aliphatic rings. The molecule has 1 fully saturated rings. The normalized spacial score (nSPS) is 26.6. The number of ether oxygens (including phenoxy) is 1. The topological polar surface area (TPSA) is 24.5 Å². The number of hydrogen-bond acceptors (Lipinski definition) is 2. The third-order valence-electron chi connectivity index (χ3n) is 2.58. The van der Waals surface area contributed by atoms with Crippen LogP contribution in [-0.4, -0.2) is 34.4 Å². The Bertz CT molecular complexity index is 245. The Labute approximate surface area is 91.8 Å². The molecule has 1 heterocycles. The quantitative estimate of drug-likeness (QED) is 0.675. The molecule has 0 amide bonds. The van der Waals surface area contributed by atoms with Gasteiger partial charge in [-0.15, -0.1) is 0 Å². The van der Waals surface area contributed by atoms with Crippen LogP contribution < -0.4 is 5.32 Å². The summed E-state index contributed by atoms with van der Waals surface area (Å²) in [6, 6.07) is 0. The maximum absolute atomic E-state index is 5.38. The standard InChI is InChI=1S/C10H20N2OS/c1-9(2,3)12-8(14)11-7(13-6)10(12,4)5/h7H,1-6H3,(H,11,14)/t7-/m1/s1. The minimum Gasteiger partial charge on any atom is -0.359 e. The van der Waals surface area contributed by atoms with E-state index in [1.807, 2.05) is 0 Å². The maximum Gasteiger partial charge on any atom is 0.172 e. The molecule has 1 atom stereocenters. The lowest BCUT2D eigenvalue weighted by Crippen LogP contribution is -2.55. The predicted molar refractivity (Wildman–Crippen MR) is 62.2 cm³/mol. The molecule has 0 aromatic heterocycles. The van der Waals surface area contributed by atoms with Gasteiger partial charge in [-0.2, -0.15) is 0 Å². The third-order valence-corrected chi connectivity index (χ3v) is 2.88. The molecule has 0 radical (unpaired) electrons. The van der Waals surface area contributed by atoms with Crippen molar-refractivity contribution in [3.05, 3.63) is 0 Å². The molecule has 1 aliphatic heterocycles. The van der Waals surface area contributed by atoms with Gasteiger partial charge in [-0.3, -0.25) is 0 Å². The molecule has 14 heavy (non-hydrogen) atoms. The van der Waals surface area contributed by atoms with Crippen LogP contribution in [0.3, 0.4) is 0 Å². The molecule has 0 aromatic rings. The molecule has 0 bridgehead atoms. The second-order valence-corrected chi connectivity index (χ2v) is 5.61. The summed E-state index contributed by atoms with van der Waals surface area (Å²) in [5.74, 6) is 0. The van der Waals surface area contributed by atoms with Crippen LogP contribution in [0, 0.1) is 0 Å². The molecular formula is C10H20N2OS. The Hall–Kier alpha value is -0.350. The van der Waals surface area contributed by atoms with E-state index in [0.29, 0.717) is 0 Å². The highest BCUT2D eigenvalue weighted by atomic mass is 32.1. The summed E-state index contributed by atoms with van der Waals surface area (Å²) in [6.07, 6.45) is -0.0331. The molecule has 3 nitrogen and oxygen atoms in total. The predicted octanol–water partition coefficient (Wildman–Crippen LogP) is 1.73. The highest BCUT2D eigenvalue weighted by Gasteiger charge is 2.48. The van der Waals surface area contributed by atoms with Crippen LogP contribution in [0.15, 0.2) is 0 Å². The Morgan fingerprint density at radius 1 is 1.43 bits per heavy atom. The van der Waals surface area contributed by atoms with Crippen molar-refractivity contribution in [2.45, 2.75) is 51.9 Å². The zero-order valence-corrected chi connectivity index (χ0v) is 10.7. The number of thiocarbonyl (C=S) groups is 1. The molecule has 0 unspecified atom stereocenters. The molecule has 1 N–H and O–H groups in total. The summed E-state index contributed by atoms with van der Waals surface area (Å²) in [6.45, 7) is 10.7. The van der Waals surface area contributed by atoms with Crippen LogP contribution in [0.1, 0.15) is 34.6 Å². The monoisotopic (exact) mass is 216 g/mol. The smallest absolute Gasteiger partial charge is 0.172 e. The molecule has 0 aromatic carbocycles. The number of nitrogens with one attached hydrogen (secondary N) is 1. The first kappa shape index (κ1) is 11.7. The minimum atomic E-state index is -0.107. The molecule has 0 aliphatic carbocycles. The van der Waals surface area contributed by atoms with Gasteiger partial charge in [-0.1, -0.05) is 0 Å². The molecular weight excluding hydrogens is 196 g/mol. The van der Waals surface area contributed by atoms with E-state index < -0.39 is 0 Å². The van der Waals surface area contributed by atoms with Gasteiger partial charge in [0.2, 0.25) is 0 Å². The number of hydrogen-bond donors (Lipinski definition) is 1. The van der Waals surface area contributed by atoms with E-state index in [4.69, 9.17) is 17.0 Å². The van der Waals surface area contributed by atoms with Crippen molar-refractivity contribution in [1.29, 1.82) is 0 Å². The van der Waals surface area contributed by atoms with Gasteiger partial charge in [-0.25, -0.2) is 0 Å². The van der Waals surface area contributed by atoms with Gasteiger partial charge in [0.25, 0.3) is 0 Å². The van der Waals surface area contributed by atoms with Crippen molar-refractivity contribution in [3.8, 4) is 0 Å². The third kappa shape index (κ3) is 1.73. The maximum atomic E-state index is 5.38. The van der Waals surface area contributed by atoms with Crippen molar-refractivity contribution in [1.82, 2.24) is 10.2 Å². The van der Waals surface area contributed by atoms with E-state index in [9.17, 15) is 0 Å². The second kappa shape index (κ2) is 3.35. The SMILES string of the molecule is CO[C@H]1NC(=S)N(C(C)(C)C)C1(C)C. The fourth-order valence-electron chi connectivity index (χ4n) is 2.25.